The fourth-order valence-corrected chi connectivity index (χ4v) is 2.80. The third kappa shape index (κ3) is 7.46. The molecule has 2 rings (SSSR count). The van der Waals surface area contributed by atoms with Gasteiger partial charge in [-0.1, -0.05) is 11.6 Å². The molecule has 1 aromatic carbocycles. The zero-order valence-corrected chi connectivity index (χ0v) is 15.8. The molecule has 1 aliphatic heterocycles. The molecule has 0 aliphatic carbocycles. The Morgan fingerprint density at radius 2 is 2.28 bits per heavy atom. The zero-order chi connectivity index (χ0) is 18.1. The predicted molar refractivity (Wildman–Crippen MR) is 102 cm³/mol. The summed E-state index contributed by atoms with van der Waals surface area (Å²) in [7, 11) is 0. The lowest BCUT2D eigenvalue weighted by Gasteiger charge is -2.14. The van der Waals surface area contributed by atoms with Gasteiger partial charge in [0.15, 0.2) is 5.11 Å². The van der Waals surface area contributed by atoms with Crippen molar-refractivity contribution in [2.24, 2.45) is 0 Å². The maximum atomic E-state index is 11.8. The molecule has 0 bridgehead atoms. The number of halogens is 1. The molecule has 1 saturated heterocycles. The first-order valence-corrected chi connectivity index (χ1v) is 9.16. The number of thiocarbonyl (C=S) groups is 1. The van der Waals surface area contributed by atoms with E-state index in [4.69, 9.17) is 33.3 Å². The van der Waals surface area contributed by atoms with Gasteiger partial charge in [0.05, 0.1) is 12.7 Å². The van der Waals surface area contributed by atoms with E-state index in [9.17, 15) is 4.79 Å². The Morgan fingerprint density at radius 1 is 1.44 bits per heavy atom. The number of benzene rings is 1. The fourth-order valence-electron chi connectivity index (χ4n) is 2.43. The Labute approximate surface area is 158 Å². The summed E-state index contributed by atoms with van der Waals surface area (Å²) in [6.07, 6.45) is 3.26. The summed E-state index contributed by atoms with van der Waals surface area (Å²) in [6, 6.07) is 5.46. The summed E-state index contributed by atoms with van der Waals surface area (Å²) in [4.78, 5) is 11.8. The first kappa shape index (κ1) is 19.8. The average Bonchev–Trinajstić information content (AvgIpc) is 3.10. The van der Waals surface area contributed by atoms with Crippen LogP contribution < -0.4 is 20.9 Å². The number of ether oxygens (including phenoxy) is 2. The van der Waals surface area contributed by atoms with Crippen LogP contribution in [0.5, 0.6) is 5.75 Å². The minimum Gasteiger partial charge on any atom is -0.493 e. The van der Waals surface area contributed by atoms with Crippen molar-refractivity contribution in [2.75, 3.05) is 19.8 Å². The van der Waals surface area contributed by atoms with Gasteiger partial charge in [0.25, 0.3) is 0 Å². The summed E-state index contributed by atoms with van der Waals surface area (Å²) in [5.74, 6) is 0.639. The molecule has 1 heterocycles. The van der Waals surface area contributed by atoms with E-state index in [0.29, 0.717) is 36.1 Å². The molecule has 0 radical (unpaired) electrons. The van der Waals surface area contributed by atoms with Gasteiger partial charge in [0, 0.05) is 24.6 Å². The van der Waals surface area contributed by atoms with Crippen LogP contribution in [0.1, 0.15) is 31.2 Å². The van der Waals surface area contributed by atoms with E-state index in [2.05, 4.69) is 16.2 Å². The lowest BCUT2D eigenvalue weighted by atomic mass is 10.2. The third-order valence-electron chi connectivity index (χ3n) is 3.77. The molecular weight excluding hydrogens is 362 g/mol. The molecule has 1 fully saturated rings. The van der Waals surface area contributed by atoms with Crippen molar-refractivity contribution in [3.63, 3.8) is 0 Å². The van der Waals surface area contributed by atoms with Crippen LogP contribution in [0.3, 0.4) is 0 Å². The molecule has 3 N–H and O–H groups in total. The van der Waals surface area contributed by atoms with Crippen molar-refractivity contribution >= 4 is 34.8 Å². The van der Waals surface area contributed by atoms with E-state index in [1.807, 2.05) is 19.1 Å². The SMILES string of the molecule is Cc1cc(Cl)ccc1OCCCC(=O)NNC(=S)NCC1CCCO1. The Bertz CT molecular complexity index is 595. The highest BCUT2D eigenvalue weighted by molar-refractivity contribution is 7.80. The van der Waals surface area contributed by atoms with Crippen LogP contribution in [0.2, 0.25) is 5.02 Å². The lowest BCUT2D eigenvalue weighted by Crippen LogP contribution is -2.48. The predicted octanol–water partition coefficient (Wildman–Crippen LogP) is 2.48. The van der Waals surface area contributed by atoms with Gasteiger partial charge in [-0.15, -0.1) is 0 Å². The molecule has 1 aliphatic rings. The second-order valence-corrected chi connectivity index (χ2v) is 6.72. The van der Waals surface area contributed by atoms with Crippen LogP contribution in [-0.2, 0) is 9.53 Å². The quantitative estimate of drug-likeness (QED) is 0.380. The summed E-state index contributed by atoms with van der Waals surface area (Å²) < 4.78 is 11.1. The number of hydrogen-bond acceptors (Lipinski definition) is 4. The summed E-state index contributed by atoms with van der Waals surface area (Å²) >= 11 is 11.0. The van der Waals surface area contributed by atoms with E-state index in [-0.39, 0.29) is 12.0 Å². The molecule has 0 saturated carbocycles. The average molecular weight is 386 g/mol. The van der Waals surface area contributed by atoms with Crippen LogP contribution in [-0.4, -0.2) is 36.9 Å². The van der Waals surface area contributed by atoms with E-state index < -0.39 is 0 Å². The van der Waals surface area contributed by atoms with Gasteiger partial charge in [0.1, 0.15) is 5.75 Å². The molecule has 25 heavy (non-hydrogen) atoms. The second-order valence-electron chi connectivity index (χ2n) is 5.88. The Hall–Kier alpha value is -1.57. The van der Waals surface area contributed by atoms with Crippen molar-refractivity contribution in [1.29, 1.82) is 0 Å². The van der Waals surface area contributed by atoms with E-state index in [1.165, 1.54) is 0 Å². The molecule has 6 nitrogen and oxygen atoms in total. The zero-order valence-electron chi connectivity index (χ0n) is 14.3. The first-order chi connectivity index (χ1) is 12.0. The van der Waals surface area contributed by atoms with Crippen molar-refractivity contribution in [3.05, 3.63) is 28.8 Å². The van der Waals surface area contributed by atoms with E-state index in [1.54, 1.807) is 6.07 Å². The van der Waals surface area contributed by atoms with Gasteiger partial charge in [0.2, 0.25) is 5.91 Å². The largest absolute Gasteiger partial charge is 0.493 e. The summed E-state index contributed by atoms with van der Waals surface area (Å²) in [5, 5.41) is 4.09. The molecule has 8 heteroatoms. The smallest absolute Gasteiger partial charge is 0.238 e. The lowest BCUT2D eigenvalue weighted by molar-refractivity contribution is -0.121. The molecule has 0 spiro atoms. The summed E-state index contributed by atoms with van der Waals surface area (Å²) in [5.41, 5.74) is 6.23. The van der Waals surface area contributed by atoms with Crippen LogP contribution in [0.4, 0.5) is 0 Å². The number of carbonyl (C=O) groups is 1. The molecule has 0 aromatic heterocycles. The number of amides is 1. The number of hydrogen-bond donors (Lipinski definition) is 3. The minimum atomic E-state index is -0.141. The van der Waals surface area contributed by atoms with Gasteiger partial charge < -0.3 is 14.8 Å². The highest BCUT2D eigenvalue weighted by Gasteiger charge is 2.15. The van der Waals surface area contributed by atoms with E-state index >= 15 is 0 Å². The van der Waals surface area contributed by atoms with Crippen molar-refractivity contribution < 1.29 is 14.3 Å². The monoisotopic (exact) mass is 385 g/mol. The molecule has 1 amide bonds. The molecule has 138 valence electrons. The minimum absolute atomic E-state index is 0.141. The van der Waals surface area contributed by atoms with Crippen LogP contribution >= 0.6 is 23.8 Å². The third-order valence-corrected chi connectivity index (χ3v) is 4.25. The molecule has 1 unspecified atom stereocenters. The highest BCUT2D eigenvalue weighted by atomic mass is 35.5. The normalized spacial score (nSPS) is 16.3. The summed E-state index contributed by atoms with van der Waals surface area (Å²) in [6.45, 7) is 3.84. The topological polar surface area (TPSA) is 71.6 Å². The Balaban J connectivity index is 1.53. The standard InChI is InChI=1S/C17H24ClN3O3S/c1-12-10-13(18)6-7-15(12)24-9-3-5-16(22)20-21-17(25)19-11-14-4-2-8-23-14/h6-7,10,14H,2-5,8-9,11H2,1H3,(H,20,22)(H2,19,21,25). The Kier molecular flexibility index (Phi) is 8.24. The van der Waals surface area contributed by atoms with Gasteiger partial charge in [-0.25, -0.2) is 0 Å². The maximum Gasteiger partial charge on any atom is 0.238 e. The van der Waals surface area contributed by atoms with Crippen molar-refractivity contribution in [3.8, 4) is 5.75 Å². The number of hydrazine groups is 1. The fraction of sp³-hybridized carbons (Fsp3) is 0.529. The van der Waals surface area contributed by atoms with Gasteiger partial charge in [-0.2, -0.15) is 0 Å². The molecule has 1 aromatic rings. The second kappa shape index (κ2) is 10.4. The van der Waals surface area contributed by atoms with Crippen LogP contribution in [0, 0.1) is 6.92 Å². The van der Waals surface area contributed by atoms with Crippen LogP contribution in [0.15, 0.2) is 18.2 Å². The van der Waals surface area contributed by atoms with Crippen molar-refractivity contribution in [1.82, 2.24) is 16.2 Å². The van der Waals surface area contributed by atoms with Crippen LogP contribution in [0.25, 0.3) is 0 Å². The molecular formula is C17H24ClN3O3S. The molecule has 1 atom stereocenters. The van der Waals surface area contributed by atoms with E-state index in [0.717, 1.165) is 30.8 Å². The van der Waals surface area contributed by atoms with Gasteiger partial charge >= 0.3 is 0 Å². The van der Waals surface area contributed by atoms with Crippen molar-refractivity contribution in [2.45, 2.75) is 38.7 Å². The number of rotatable bonds is 7. The first-order valence-electron chi connectivity index (χ1n) is 8.38. The number of aryl methyl sites for hydroxylation is 1. The highest BCUT2D eigenvalue weighted by Crippen LogP contribution is 2.21. The Morgan fingerprint density at radius 3 is 3.00 bits per heavy atom. The maximum absolute atomic E-state index is 11.8. The van der Waals surface area contributed by atoms with Gasteiger partial charge in [-0.3, -0.25) is 15.6 Å². The van der Waals surface area contributed by atoms with Gasteiger partial charge in [-0.05, 0) is 62.2 Å². The number of nitrogens with one attached hydrogen (secondary N) is 3. The number of carbonyl (C=O) groups excluding carboxylic acids is 1.